The number of anilines is 2. The maximum Gasteiger partial charge on any atom is 0.231 e. The van der Waals surface area contributed by atoms with Crippen molar-refractivity contribution >= 4 is 22.8 Å². The van der Waals surface area contributed by atoms with Crippen LogP contribution in [0.5, 0.6) is 0 Å². The van der Waals surface area contributed by atoms with Crippen LogP contribution < -0.4 is 4.90 Å². The molecule has 192 valence electrons. The molecule has 0 bridgehead atoms. The Morgan fingerprint density at radius 1 is 0.675 bits per heavy atom. The molecule has 1 aliphatic heterocycles. The second kappa shape index (κ2) is 8.62. The van der Waals surface area contributed by atoms with E-state index in [-0.39, 0.29) is 11.5 Å². The van der Waals surface area contributed by atoms with Crippen molar-refractivity contribution in [3.05, 3.63) is 144 Å². The molecular formula is C37H29N3. The molecule has 2 heterocycles. The van der Waals surface area contributed by atoms with E-state index in [0.29, 0.717) is 0 Å². The molecule has 40 heavy (non-hydrogen) atoms. The van der Waals surface area contributed by atoms with E-state index in [1.165, 1.54) is 39.1 Å². The van der Waals surface area contributed by atoms with Crippen LogP contribution in [0.4, 0.5) is 11.6 Å². The van der Waals surface area contributed by atoms with Crippen molar-refractivity contribution in [2.45, 2.75) is 31.7 Å². The summed E-state index contributed by atoms with van der Waals surface area (Å²) in [6, 6.07) is 40.8. The van der Waals surface area contributed by atoms with Gasteiger partial charge in [-0.15, -0.1) is 0 Å². The first-order valence-corrected chi connectivity index (χ1v) is 14.0. The topological polar surface area (TPSA) is 29.0 Å². The van der Waals surface area contributed by atoms with Crippen molar-refractivity contribution in [3.63, 3.8) is 0 Å². The van der Waals surface area contributed by atoms with Crippen molar-refractivity contribution in [1.82, 2.24) is 9.97 Å². The Labute approximate surface area is 235 Å². The normalized spacial score (nSPS) is 18.1. The smallest absolute Gasteiger partial charge is 0.231 e. The van der Waals surface area contributed by atoms with E-state index in [1.54, 1.807) is 0 Å². The molecule has 3 heteroatoms. The van der Waals surface area contributed by atoms with Gasteiger partial charge < -0.3 is 4.90 Å². The number of rotatable bonds is 3. The molecule has 0 N–H and O–H groups in total. The molecule has 0 saturated heterocycles. The maximum absolute atomic E-state index is 5.23. The summed E-state index contributed by atoms with van der Waals surface area (Å²) in [4.78, 5) is 12.9. The van der Waals surface area contributed by atoms with Crippen LogP contribution in [0, 0.1) is 0 Å². The zero-order valence-corrected chi connectivity index (χ0v) is 22.7. The highest BCUT2D eigenvalue weighted by Gasteiger charge is 2.45. The van der Waals surface area contributed by atoms with Gasteiger partial charge in [-0.1, -0.05) is 117 Å². The van der Waals surface area contributed by atoms with Crippen molar-refractivity contribution in [2.24, 2.45) is 0 Å². The van der Waals surface area contributed by atoms with Crippen LogP contribution in [0.25, 0.3) is 33.7 Å². The third-order valence-corrected chi connectivity index (χ3v) is 8.88. The number of para-hydroxylation sites is 1. The Bertz CT molecular complexity index is 1790. The Balaban J connectivity index is 1.33. The molecule has 1 aromatic heterocycles. The van der Waals surface area contributed by atoms with Crippen LogP contribution >= 0.6 is 0 Å². The maximum atomic E-state index is 5.23. The fourth-order valence-electron chi connectivity index (χ4n) is 6.90. The quantitative estimate of drug-likeness (QED) is 0.240. The van der Waals surface area contributed by atoms with E-state index in [9.17, 15) is 0 Å². The van der Waals surface area contributed by atoms with Gasteiger partial charge in [0.25, 0.3) is 0 Å². The van der Waals surface area contributed by atoms with E-state index in [1.807, 2.05) is 12.1 Å². The Kier molecular flexibility index (Phi) is 4.99. The number of aromatic nitrogens is 2. The average molecular weight is 516 g/mol. The van der Waals surface area contributed by atoms with Gasteiger partial charge in [-0.3, -0.25) is 0 Å². The highest BCUT2D eigenvalue weighted by atomic mass is 15.3. The molecule has 0 fully saturated rings. The molecule has 4 aromatic carbocycles. The summed E-state index contributed by atoms with van der Waals surface area (Å²) in [6.07, 6.45) is 3.40. The van der Waals surface area contributed by atoms with E-state index < -0.39 is 0 Å². The van der Waals surface area contributed by atoms with E-state index in [2.05, 4.69) is 128 Å². The number of benzene rings is 4. The summed E-state index contributed by atoms with van der Waals surface area (Å²) >= 11 is 0. The summed E-state index contributed by atoms with van der Waals surface area (Å²) < 4.78 is 0. The van der Waals surface area contributed by atoms with E-state index in [4.69, 9.17) is 9.97 Å². The van der Waals surface area contributed by atoms with E-state index in [0.717, 1.165) is 34.9 Å². The zero-order chi connectivity index (χ0) is 26.8. The summed E-state index contributed by atoms with van der Waals surface area (Å²) in [5, 5.41) is 0. The second-order valence-electron chi connectivity index (χ2n) is 11.4. The van der Waals surface area contributed by atoms with Gasteiger partial charge in [0, 0.05) is 22.1 Å². The number of hydrogen-bond donors (Lipinski definition) is 0. The highest BCUT2D eigenvalue weighted by molar-refractivity contribution is 6.01. The van der Waals surface area contributed by atoms with Crippen LogP contribution in [0.15, 0.2) is 127 Å². The van der Waals surface area contributed by atoms with Gasteiger partial charge in [-0.25, -0.2) is 9.97 Å². The lowest BCUT2D eigenvalue weighted by Gasteiger charge is -2.33. The monoisotopic (exact) mass is 515 g/mol. The first-order valence-electron chi connectivity index (χ1n) is 14.0. The number of nitrogens with zero attached hydrogens (tertiary/aromatic N) is 3. The van der Waals surface area contributed by atoms with Gasteiger partial charge in [-0.2, -0.15) is 0 Å². The summed E-state index contributed by atoms with van der Waals surface area (Å²) in [6.45, 7) is 4.75. The second-order valence-corrected chi connectivity index (χ2v) is 11.4. The van der Waals surface area contributed by atoms with Crippen molar-refractivity contribution < 1.29 is 0 Å². The fraction of sp³-hybridized carbons (Fsp3) is 0.135. The summed E-state index contributed by atoms with van der Waals surface area (Å²) in [5.41, 5.74) is 13.5. The molecule has 0 amide bonds. The molecule has 1 atom stereocenters. The molecular weight excluding hydrogens is 486 g/mol. The Morgan fingerprint density at radius 3 is 1.93 bits per heavy atom. The lowest BCUT2D eigenvalue weighted by Crippen LogP contribution is -2.33. The highest BCUT2D eigenvalue weighted by Crippen LogP contribution is 2.56. The zero-order valence-electron chi connectivity index (χ0n) is 22.7. The molecule has 2 aliphatic carbocycles. The predicted molar refractivity (Wildman–Crippen MR) is 164 cm³/mol. The van der Waals surface area contributed by atoms with Gasteiger partial charge in [-0.05, 0) is 52.5 Å². The van der Waals surface area contributed by atoms with Crippen LogP contribution in [-0.2, 0) is 5.41 Å². The first kappa shape index (κ1) is 23.2. The summed E-state index contributed by atoms with van der Waals surface area (Å²) in [5.74, 6) is 0.749. The number of allylic oxidation sites excluding steroid dienone is 2. The minimum Gasteiger partial charge on any atom is -0.302 e. The average Bonchev–Trinajstić information content (AvgIpc) is 3.45. The molecule has 0 spiro atoms. The third-order valence-electron chi connectivity index (χ3n) is 8.88. The molecule has 1 unspecified atom stereocenters. The van der Waals surface area contributed by atoms with Crippen LogP contribution in [0.1, 0.15) is 37.0 Å². The SMILES string of the molecule is CC1(C)C2=C(C=C3c4ccccc4N(c4nc(-c5ccccc5)cc(-c5ccccc5)n4)C3C2)c2ccccc21. The van der Waals surface area contributed by atoms with Gasteiger partial charge in [0.2, 0.25) is 5.95 Å². The van der Waals surface area contributed by atoms with E-state index >= 15 is 0 Å². The standard InChI is InChI=1S/C37H29N3/c1-37(2)30-19-11-9-17-26(30)28-21-29-27-18-10-12-20-34(27)40(35(29)22-31(28)37)36-38-32(24-13-5-3-6-14-24)23-33(39-36)25-15-7-4-8-16-25/h3-21,23,35H,22H2,1-2H3. The summed E-state index contributed by atoms with van der Waals surface area (Å²) in [7, 11) is 0. The van der Waals surface area contributed by atoms with Crippen molar-refractivity contribution in [1.29, 1.82) is 0 Å². The molecule has 8 rings (SSSR count). The Morgan fingerprint density at radius 2 is 1.25 bits per heavy atom. The van der Waals surface area contributed by atoms with Crippen LogP contribution in [0.2, 0.25) is 0 Å². The van der Waals surface area contributed by atoms with Crippen LogP contribution in [0.3, 0.4) is 0 Å². The van der Waals surface area contributed by atoms with Gasteiger partial charge in [0.15, 0.2) is 0 Å². The van der Waals surface area contributed by atoms with Crippen LogP contribution in [-0.4, -0.2) is 16.0 Å². The Hall–Kier alpha value is -4.76. The first-order chi connectivity index (χ1) is 19.6. The molecule has 0 saturated carbocycles. The molecule has 3 aliphatic rings. The minimum absolute atomic E-state index is 0.0175. The molecule has 0 radical (unpaired) electrons. The van der Waals surface area contributed by atoms with Crippen molar-refractivity contribution in [2.75, 3.05) is 4.90 Å². The lowest BCUT2D eigenvalue weighted by molar-refractivity contribution is 0.590. The third kappa shape index (κ3) is 3.37. The van der Waals surface area contributed by atoms with Crippen molar-refractivity contribution in [3.8, 4) is 22.5 Å². The van der Waals surface area contributed by atoms with Gasteiger partial charge >= 0.3 is 0 Å². The largest absolute Gasteiger partial charge is 0.302 e. The number of hydrogen-bond acceptors (Lipinski definition) is 3. The van der Waals surface area contributed by atoms with Gasteiger partial charge in [0.05, 0.1) is 23.1 Å². The fourth-order valence-corrected chi connectivity index (χ4v) is 6.90. The predicted octanol–water partition coefficient (Wildman–Crippen LogP) is 8.86. The van der Waals surface area contributed by atoms with Gasteiger partial charge in [0.1, 0.15) is 0 Å². The molecule has 5 aromatic rings. The lowest BCUT2D eigenvalue weighted by atomic mass is 9.76. The minimum atomic E-state index is -0.0175. The molecule has 3 nitrogen and oxygen atoms in total. The number of fused-ring (bicyclic) bond motifs is 5.